The van der Waals surface area contributed by atoms with Crippen molar-refractivity contribution in [2.24, 2.45) is 0 Å². The van der Waals surface area contributed by atoms with Gasteiger partial charge in [-0.05, 0) is 0 Å². The van der Waals surface area contributed by atoms with Crippen molar-refractivity contribution in [2.75, 3.05) is 28.4 Å². The van der Waals surface area contributed by atoms with Crippen LogP contribution in [-0.4, -0.2) is 34.4 Å². The fraction of sp³-hybridized carbons (Fsp3) is 0.300. The molecule has 0 aromatic heterocycles. The molecule has 0 spiro atoms. The average Bonchev–Trinajstić information content (AvgIpc) is 3.71. The van der Waals surface area contributed by atoms with E-state index in [0.717, 1.165) is 58.1 Å². The molecule has 4 nitrogen and oxygen atoms in total. The van der Waals surface area contributed by atoms with Crippen molar-refractivity contribution in [3.8, 4) is 45.3 Å². The van der Waals surface area contributed by atoms with Crippen molar-refractivity contribution >= 4 is 35.1 Å². The van der Waals surface area contributed by atoms with Gasteiger partial charge < -0.3 is 0 Å². The number of hydrogen-bond acceptors (Lipinski definition) is 4. The molecule has 0 bridgehead atoms. The Kier molecular flexibility index (Phi) is 9.88. The second kappa shape index (κ2) is 13.5. The summed E-state index contributed by atoms with van der Waals surface area (Å²) in [4.78, 5) is 0. The van der Waals surface area contributed by atoms with Crippen LogP contribution in [0.3, 0.4) is 0 Å². The van der Waals surface area contributed by atoms with Gasteiger partial charge in [0.25, 0.3) is 0 Å². The first-order chi connectivity index (χ1) is 23.0. The van der Waals surface area contributed by atoms with E-state index < -0.39 is 21.5 Å². The van der Waals surface area contributed by atoms with Gasteiger partial charge in [-0.25, -0.2) is 0 Å². The van der Waals surface area contributed by atoms with Crippen LogP contribution in [0.15, 0.2) is 83.9 Å². The predicted octanol–water partition coefficient (Wildman–Crippen LogP) is 11.4. The molecule has 0 amide bonds. The van der Waals surface area contributed by atoms with Crippen molar-refractivity contribution in [3.63, 3.8) is 0 Å². The number of rotatable bonds is 11. The van der Waals surface area contributed by atoms with Crippen LogP contribution in [0.1, 0.15) is 56.2 Å². The topological polar surface area (TPSA) is 36.9 Å². The molecule has 0 N–H and O–H groups in total. The molecule has 2 unspecified atom stereocenters. The summed E-state index contributed by atoms with van der Waals surface area (Å²) >= 11 is -4.90. The minimum atomic E-state index is -4.90. The third kappa shape index (κ3) is 5.61. The zero-order chi connectivity index (χ0) is 34.4. The first-order valence-corrected chi connectivity index (χ1v) is 33.0. The van der Waals surface area contributed by atoms with Crippen LogP contribution in [0.25, 0.3) is 34.4 Å². The molecule has 0 aliphatic heterocycles. The molecular weight excluding hydrogens is 735 g/mol. The van der Waals surface area contributed by atoms with E-state index in [-0.39, 0.29) is 7.25 Å². The van der Waals surface area contributed by atoms with Crippen LogP contribution >= 0.6 is 17.0 Å². The van der Waals surface area contributed by atoms with Crippen LogP contribution in [0.4, 0.5) is 0 Å². The Labute approximate surface area is 294 Å². The molecular formula is C40H45Cl2O4SiZr. The summed E-state index contributed by atoms with van der Waals surface area (Å²) in [6.45, 7) is 9.29. The fourth-order valence-corrected chi connectivity index (χ4v) is 39.9. The van der Waals surface area contributed by atoms with E-state index >= 15 is 0 Å². The number of allylic oxidation sites excluding steroid dienone is 2. The molecule has 0 fully saturated rings. The van der Waals surface area contributed by atoms with E-state index in [1.54, 1.807) is 28.4 Å². The zero-order valence-electron chi connectivity index (χ0n) is 29.1. The van der Waals surface area contributed by atoms with Gasteiger partial charge in [-0.15, -0.1) is 0 Å². The summed E-state index contributed by atoms with van der Waals surface area (Å²) in [5, 5.41) is 0. The van der Waals surface area contributed by atoms with Crippen LogP contribution in [0.5, 0.6) is 23.0 Å². The molecule has 251 valence electrons. The van der Waals surface area contributed by atoms with E-state index in [2.05, 4.69) is 99.8 Å². The first-order valence-electron chi connectivity index (χ1n) is 16.7. The van der Waals surface area contributed by atoms with E-state index in [4.69, 9.17) is 36.0 Å². The van der Waals surface area contributed by atoms with E-state index in [9.17, 15) is 0 Å². The monoisotopic (exact) mass is 777 g/mol. The maximum absolute atomic E-state index is 8.61. The maximum atomic E-state index is 8.61. The minimum absolute atomic E-state index is 0.0142. The molecule has 0 heterocycles. The number of halogens is 2. The molecule has 6 rings (SSSR count). The van der Waals surface area contributed by atoms with Crippen molar-refractivity contribution in [1.29, 1.82) is 0 Å². The zero-order valence-corrected chi connectivity index (χ0v) is 34.2. The van der Waals surface area contributed by atoms with E-state index in [1.165, 1.54) is 33.4 Å². The molecule has 0 radical (unpaired) electrons. The molecule has 4 aromatic carbocycles. The Morgan fingerprint density at radius 2 is 0.938 bits per heavy atom. The summed E-state index contributed by atoms with van der Waals surface area (Å²) < 4.78 is 22.6. The number of ether oxygens (including phenoxy) is 4. The summed E-state index contributed by atoms with van der Waals surface area (Å²) in [6, 6.07) is 25.4. The molecule has 8 heteroatoms. The van der Waals surface area contributed by atoms with Gasteiger partial charge in [-0.3, -0.25) is 0 Å². The Hall–Kier alpha value is -2.76. The number of benzene rings is 4. The second-order valence-electron chi connectivity index (χ2n) is 13.2. The van der Waals surface area contributed by atoms with Crippen LogP contribution in [-0.2, 0) is 15.6 Å². The second-order valence-corrected chi connectivity index (χ2v) is 55.7. The number of fused-ring (bicyclic) bond motifs is 2. The van der Waals surface area contributed by atoms with Crippen molar-refractivity contribution in [3.05, 3.63) is 106 Å². The van der Waals surface area contributed by atoms with E-state index in [0.29, 0.717) is 0 Å². The number of methoxy groups -OCH3 is 4. The molecule has 0 saturated carbocycles. The molecule has 48 heavy (non-hydrogen) atoms. The Balaban J connectivity index is 1.57. The Morgan fingerprint density at radius 1 is 0.583 bits per heavy atom. The van der Waals surface area contributed by atoms with Gasteiger partial charge in [0.1, 0.15) is 0 Å². The normalized spacial score (nSPS) is 17.6. The quantitative estimate of drug-likeness (QED) is 0.142. The Bertz CT molecular complexity index is 1770. The summed E-state index contributed by atoms with van der Waals surface area (Å²) in [5.41, 5.74) is 12.0. The van der Waals surface area contributed by atoms with Crippen LogP contribution in [0.2, 0.25) is 13.1 Å². The van der Waals surface area contributed by atoms with Crippen molar-refractivity contribution < 1.29 is 34.5 Å². The van der Waals surface area contributed by atoms with Crippen LogP contribution in [0, 0.1) is 0 Å². The number of hydrogen-bond donors (Lipinski definition) is 0. The van der Waals surface area contributed by atoms with Gasteiger partial charge in [0.2, 0.25) is 0 Å². The standard InChI is InChI=1S/2C19H19O2.C2H7Si.2ClH.Zr/c2*1-4-13-8-14-6-5-7-18(19(14)9-13)15-10-16(20-2)12-17(11-15)21-3;1-3-2;;;/h2*5-12H,4H2,1-3H3;3H,1-2H3;2*1H;/q;;;;;+2/p-2. The van der Waals surface area contributed by atoms with Crippen molar-refractivity contribution in [2.45, 2.75) is 47.0 Å². The van der Waals surface area contributed by atoms with Gasteiger partial charge in [-0.1, -0.05) is 0 Å². The van der Waals surface area contributed by atoms with Gasteiger partial charge in [-0.2, -0.15) is 0 Å². The molecule has 2 atom stereocenters. The third-order valence-electron chi connectivity index (χ3n) is 10.7. The summed E-state index contributed by atoms with van der Waals surface area (Å²) in [5.74, 6) is 1.34. The SMILES string of the molecule is CCC1=Cc2c(-c3cc(OC)cc(OC)c3)cccc2[CH]1[Zr]([Cl])([Cl])([CH]1C(CC)=Cc2c(-c3cc(OC)cc(OC)c3)cccc21)[SiH](C)C. The summed E-state index contributed by atoms with van der Waals surface area (Å²) in [6.07, 6.45) is 6.55. The third-order valence-corrected chi connectivity index (χ3v) is 62.5. The van der Waals surface area contributed by atoms with Gasteiger partial charge in [0.15, 0.2) is 0 Å². The molecule has 2 aliphatic carbocycles. The van der Waals surface area contributed by atoms with Crippen molar-refractivity contribution in [1.82, 2.24) is 0 Å². The molecule has 2 aliphatic rings. The summed E-state index contributed by atoms with van der Waals surface area (Å²) in [7, 11) is 24.0. The molecule has 4 aromatic rings. The molecule has 0 saturated heterocycles. The fourth-order valence-electron chi connectivity index (χ4n) is 8.11. The van der Waals surface area contributed by atoms with Gasteiger partial charge in [0.05, 0.1) is 0 Å². The van der Waals surface area contributed by atoms with E-state index in [1.807, 2.05) is 12.1 Å². The first kappa shape index (κ1) is 35.1. The van der Waals surface area contributed by atoms with Gasteiger partial charge in [0, 0.05) is 0 Å². The average molecular weight is 780 g/mol. The predicted molar refractivity (Wildman–Crippen MR) is 203 cm³/mol. The van der Waals surface area contributed by atoms with Gasteiger partial charge >= 0.3 is 297 Å². The Morgan fingerprint density at radius 3 is 1.23 bits per heavy atom. The van der Waals surface area contributed by atoms with Crippen LogP contribution < -0.4 is 18.9 Å².